The summed E-state index contributed by atoms with van der Waals surface area (Å²) >= 11 is 0. The van der Waals surface area contributed by atoms with Gasteiger partial charge < -0.3 is 9.47 Å². The highest BCUT2D eigenvalue weighted by molar-refractivity contribution is 5.97. The van der Waals surface area contributed by atoms with Crippen LogP contribution in [0.15, 0.2) is 82.6 Å². The van der Waals surface area contributed by atoms with Gasteiger partial charge in [0.2, 0.25) is 0 Å². The molecular weight excluding hydrogens is 478 g/mol. The molecule has 1 aromatic heterocycles. The minimum absolute atomic E-state index is 0.116. The van der Waals surface area contributed by atoms with Gasteiger partial charge in [-0.05, 0) is 61.4 Å². The summed E-state index contributed by atoms with van der Waals surface area (Å²) in [4.78, 5) is 35.8. The molecule has 1 heterocycles. The molecule has 0 radical (unpaired) electrons. The number of carbonyl (C=O) groups excluding carboxylic acids is 1. The highest BCUT2D eigenvalue weighted by atomic mass is 16.5. The lowest BCUT2D eigenvalue weighted by atomic mass is 10.1. The summed E-state index contributed by atoms with van der Waals surface area (Å²) in [6.07, 6.45) is 5.26. The normalized spacial score (nSPS) is 11.5. The van der Waals surface area contributed by atoms with E-state index in [-0.39, 0.29) is 5.56 Å². The molecule has 0 spiro atoms. The molecule has 4 rings (SSSR count). The third kappa shape index (κ3) is 6.17. The second kappa shape index (κ2) is 12.8. The van der Waals surface area contributed by atoms with Gasteiger partial charge in [-0.15, -0.1) is 0 Å². The van der Waals surface area contributed by atoms with Gasteiger partial charge in [0.05, 0.1) is 35.0 Å². The van der Waals surface area contributed by atoms with Crippen molar-refractivity contribution in [1.82, 2.24) is 9.55 Å². The molecule has 0 N–H and O–H groups in total. The number of methoxy groups -OCH3 is 1. The molecule has 0 saturated heterocycles. The van der Waals surface area contributed by atoms with Gasteiger partial charge in [0.15, 0.2) is 5.90 Å². The van der Waals surface area contributed by atoms with Crippen molar-refractivity contribution in [1.29, 1.82) is 0 Å². The summed E-state index contributed by atoms with van der Waals surface area (Å²) in [5.74, 6) is 1.14. The summed E-state index contributed by atoms with van der Waals surface area (Å²) in [6, 6.07) is 21.3. The van der Waals surface area contributed by atoms with E-state index in [1.165, 1.54) is 0 Å². The van der Waals surface area contributed by atoms with Gasteiger partial charge in [0.25, 0.3) is 5.56 Å². The fourth-order valence-corrected chi connectivity index (χ4v) is 4.18. The number of aliphatic imine (C=N–C) groups is 1. The summed E-state index contributed by atoms with van der Waals surface area (Å²) in [6.45, 7) is 4.21. The standard InChI is InChI=1S/C31H33N3O4/c1-4-6-16-28-32-26-14-10-8-12-24(26)30(35)34(28)22-18-20-23(21-19-22)38-31(36)25-13-9-11-15-27(25)33-29(37-3)17-7-5-2/h8-15,18-21H,4-7,16-17H2,1-3H3. The minimum atomic E-state index is -0.517. The van der Waals surface area contributed by atoms with Crippen LogP contribution < -0.4 is 10.3 Å². The Balaban J connectivity index is 1.61. The van der Waals surface area contributed by atoms with Gasteiger partial charge in [-0.3, -0.25) is 9.36 Å². The van der Waals surface area contributed by atoms with Crippen molar-refractivity contribution < 1.29 is 14.3 Å². The average Bonchev–Trinajstić information content (AvgIpc) is 2.95. The van der Waals surface area contributed by atoms with Crippen LogP contribution in [0.4, 0.5) is 5.69 Å². The van der Waals surface area contributed by atoms with E-state index in [9.17, 15) is 9.59 Å². The van der Waals surface area contributed by atoms with Crippen molar-refractivity contribution in [3.05, 3.63) is 94.5 Å². The summed E-state index contributed by atoms with van der Waals surface area (Å²) < 4.78 is 12.7. The average molecular weight is 512 g/mol. The monoisotopic (exact) mass is 511 g/mol. The minimum Gasteiger partial charge on any atom is -0.484 e. The number of unbranched alkanes of at least 4 members (excludes halogenated alkanes) is 2. The van der Waals surface area contributed by atoms with Gasteiger partial charge in [-0.1, -0.05) is 51.0 Å². The Morgan fingerprint density at radius 2 is 1.63 bits per heavy atom. The molecule has 7 nitrogen and oxygen atoms in total. The molecule has 0 amide bonds. The van der Waals surface area contributed by atoms with E-state index in [1.807, 2.05) is 24.3 Å². The number of carbonyl (C=O) groups is 1. The first-order valence-electron chi connectivity index (χ1n) is 13.1. The van der Waals surface area contributed by atoms with Crippen LogP contribution in [0.3, 0.4) is 0 Å². The highest BCUT2D eigenvalue weighted by Gasteiger charge is 2.16. The number of hydrogen-bond acceptors (Lipinski definition) is 6. The van der Waals surface area contributed by atoms with E-state index in [2.05, 4.69) is 18.8 Å². The van der Waals surface area contributed by atoms with E-state index in [4.69, 9.17) is 14.5 Å². The predicted molar refractivity (Wildman–Crippen MR) is 151 cm³/mol. The topological polar surface area (TPSA) is 82.8 Å². The maximum absolute atomic E-state index is 13.4. The third-order valence-electron chi connectivity index (χ3n) is 6.25. The van der Waals surface area contributed by atoms with E-state index in [0.29, 0.717) is 58.2 Å². The first-order chi connectivity index (χ1) is 18.5. The second-order valence-corrected chi connectivity index (χ2v) is 9.00. The summed E-state index contributed by atoms with van der Waals surface area (Å²) in [7, 11) is 1.58. The molecule has 0 aliphatic rings. The van der Waals surface area contributed by atoms with E-state index >= 15 is 0 Å². The van der Waals surface area contributed by atoms with Crippen LogP contribution in [0.1, 0.15) is 62.1 Å². The number of esters is 1. The number of aromatic nitrogens is 2. The fraction of sp³-hybridized carbons (Fsp3) is 0.290. The van der Waals surface area contributed by atoms with Crippen molar-refractivity contribution in [3.63, 3.8) is 0 Å². The molecule has 38 heavy (non-hydrogen) atoms. The van der Waals surface area contributed by atoms with Gasteiger partial charge in [-0.2, -0.15) is 0 Å². The van der Waals surface area contributed by atoms with E-state index in [0.717, 1.165) is 25.7 Å². The third-order valence-corrected chi connectivity index (χ3v) is 6.25. The number of hydrogen-bond donors (Lipinski definition) is 0. The zero-order valence-corrected chi connectivity index (χ0v) is 22.1. The summed E-state index contributed by atoms with van der Waals surface area (Å²) in [5, 5.41) is 0.565. The number of para-hydroxylation sites is 2. The maximum Gasteiger partial charge on any atom is 0.345 e. The zero-order valence-electron chi connectivity index (χ0n) is 22.1. The Morgan fingerprint density at radius 1 is 0.921 bits per heavy atom. The molecule has 196 valence electrons. The van der Waals surface area contributed by atoms with Crippen LogP contribution >= 0.6 is 0 Å². The SMILES string of the molecule is CCCCC(=Nc1ccccc1C(=O)Oc1ccc(-n2c(CCCC)nc3ccccc3c2=O)cc1)OC. The predicted octanol–water partition coefficient (Wildman–Crippen LogP) is 6.81. The molecule has 0 unspecified atom stereocenters. The molecule has 0 atom stereocenters. The molecule has 0 aliphatic carbocycles. The molecule has 3 aromatic carbocycles. The van der Waals surface area contributed by atoms with Crippen molar-refractivity contribution in [2.45, 2.75) is 52.4 Å². The van der Waals surface area contributed by atoms with Crippen LogP contribution in [0, 0.1) is 0 Å². The van der Waals surface area contributed by atoms with Gasteiger partial charge in [0.1, 0.15) is 11.6 Å². The van der Waals surface area contributed by atoms with Crippen LogP contribution in [0.25, 0.3) is 16.6 Å². The molecular formula is C31H33N3O4. The number of aryl methyl sites for hydroxylation is 1. The first-order valence-corrected chi connectivity index (χ1v) is 13.1. The van der Waals surface area contributed by atoms with Crippen LogP contribution in [0.2, 0.25) is 0 Å². The molecule has 4 aromatic rings. The van der Waals surface area contributed by atoms with Crippen molar-refractivity contribution in [2.75, 3.05) is 7.11 Å². The Kier molecular flexibility index (Phi) is 9.03. The van der Waals surface area contributed by atoms with Crippen molar-refractivity contribution in [2.24, 2.45) is 4.99 Å². The van der Waals surface area contributed by atoms with Crippen LogP contribution in [-0.4, -0.2) is 28.5 Å². The smallest absolute Gasteiger partial charge is 0.345 e. The highest BCUT2D eigenvalue weighted by Crippen LogP contribution is 2.24. The Bertz CT molecular complexity index is 1490. The maximum atomic E-state index is 13.4. The lowest BCUT2D eigenvalue weighted by Crippen LogP contribution is -2.24. The Morgan fingerprint density at radius 3 is 2.37 bits per heavy atom. The lowest BCUT2D eigenvalue weighted by Gasteiger charge is -2.14. The van der Waals surface area contributed by atoms with Crippen molar-refractivity contribution in [3.8, 4) is 11.4 Å². The van der Waals surface area contributed by atoms with Crippen LogP contribution in [0.5, 0.6) is 5.75 Å². The molecule has 0 bridgehead atoms. The quantitative estimate of drug-likeness (QED) is 0.101. The first kappa shape index (κ1) is 26.8. The lowest BCUT2D eigenvalue weighted by molar-refractivity contribution is 0.0735. The zero-order chi connectivity index (χ0) is 26.9. The van der Waals surface area contributed by atoms with E-state index in [1.54, 1.807) is 60.2 Å². The molecule has 0 aliphatic heterocycles. The van der Waals surface area contributed by atoms with Gasteiger partial charge in [0, 0.05) is 12.8 Å². The van der Waals surface area contributed by atoms with Crippen molar-refractivity contribution >= 4 is 28.5 Å². The number of ether oxygens (including phenoxy) is 2. The van der Waals surface area contributed by atoms with Gasteiger partial charge >= 0.3 is 5.97 Å². The largest absolute Gasteiger partial charge is 0.484 e. The Hall–Kier alpha value is -4.26. The van der Waals surface area contributed by atoms with Crippen LogP contribution in [-0.2, 0) is 11.2 Å². The Labute approximate surface area is 222 Å². The number of nitrogens with zero attached hydrogens (tertiary/aromatic N) is 3. The summed E-state index contributed by atoms with van der Waals surface area (Å²) in [5.41, 5.74) is 2.09. The molecule has 0 fully saturated rings. The van der Waals surface area contributed by atoms with E-state index < -0.39 is 5.97 Å². The molecule has 7 heteroatoms. The fourth-order valence-electron chi connectivity index (χ4n) is 4.18. The molecule has 0 saturated carbocycles. The number of rotatable bonds is 10. The number of benzene rings is 3. The second-order valence-electron chi connectivity index (χ2n) is 9.00. The van der Waals surface area contributed by atoms with Gasteiger partial charge in [-0.25, -0.2) is 14.8 Å². The number of fused-ring (bicyclic) bond motifs is 1.